The molecule has 116 valence electrons. The number of methoxy groups -OCH3 is 1. The van der Waals surface area contributed by atoms with Gasteiger partial charge in [-0.1, -0.05) is 0 Å². The summed E-state index contributed by atoms with van der Waals surface area (Å²) in [6.07, 6.45) is 14.5. The Bertz CT molecular complexity index is 259. The Balaban J connectivity index is -0.000000134. The van der Waals surface area contributed by atoms with E-state index in [-0.39, 0.29) is 21.1 Å². The van der Waals surface area contributed by atoms with Gasteiger partial charge in [-0.15, -0.1) is 0 Å². The molecule has 1 fully saturated rings. The van der Waals surface area contributed by atoms with Crippen LogP contribution in [0.2, 0.25) is 0 Å². The molecule has 0 aromatic heterocycles. The van der Waals surface area contributed by atoms with Crippen molar-refractivity contribution in [3.63, 3.8) is 0 Å². The van der Waals surface area contributed by atoms with Gasteiger partial charge in [0.25, 0.3) is 0 Å². The third kappa shape index (κ3) is 24.3. The summed E-state index contributed by atoms with van der Waals surface area (Å²) in [4.78, 5) is 20.7. The maximum absolute atomic E-state index is 10.8. The van der Waals surface area contributed by atoms with Gasteiger partial charge in [0.2, 0.25) is 0 Å². The first-order chi connectivity index (χ1) is 10.2. The van der Waals surface area contributed by atoms with Crippen molar-refractivity contribution in [3.05, 3.63) is 64.7 Å². The number of hydrogen-bond acceptors (Lipinski definition) is 3. The van der Waals surface area contributed by atoms with Crippen LogP contribution in [0.25, 0.3) is 0 Å². The quantitative estimate of drug-likeness (QED) is 0.175. The van der Waals surface area contributed by atoms with Crippen molar-refractivity contribution in [2.24, 2.45) is 0 Å². The van der Waals surface area contributed by atoms with Crippen molar-refractivity contribution < 1.29 is 44.7 Å². The summed E-state index contributed by atoms with van der Waals surface area (Å²) >= 11 is 0. The van der Waals surface area contributed by atoms with Gasteiger partial charge in [-0.3, -0.25) is 4.79 Å². The van der Waals surface area contributed by atoms with Crippen LogP contribution in [0, 0.1) is 64.7 Å². The summed E-state index contributed by atoms with van der Waals surface area (Å²) in [6.45, 7) is 12.5. The number of ether oxygens (including phenoxy) is 1. The van der Waals surface area contributed by atoms with Crippen LogP contribution >= 0.6 is 0 Å². The van der Waals surface area contributed by atoms with Gasteiger partial charge in [-0.2, -0.15) is 0 Å². The predicted octanol–water partition coefficient (Wildman–Crippen LogP) is 2.09. The molecule has 0 aromatic carbocycles. The van der Waals surface area contributed by atoms with E-state index in [1.54, 1.807) is 6.42 Å². The number of rotatable bonds is 6. The fraction of sp³-hybridized carbons (Fsp3) is 0.250. The molecular weight excluding hydrogens is 368 g/mol. The van der Waals surface area contributed by atoms with Crippen molar-refractivity contribution in [2.45, 2.75) is 19.3 Å². The summed E-state index contributed by atoms with van der Waals surface area (Å²) < 4.78 is 19.4. The average Bonchev–Trinajstić information content (AvgIpc) is 3.14. The van der Waals surface area contributed by atoms with Gasteiger partial charge >= 0.3 is 49.6 Å². The molecule has 5 nitrogen and oxygen atoms in total. The molecule has 1 aliphatic carbocycles. The Kier molecular flexibility index (Phi) is 38.0. The molecular formula is C16H18MoO5+2. The molecule has 0 aliphatic heterocycles. The molecule has 0 amide bonds. The van der Waals surface area contributed by atoms with E-state index in [4.69, 9.17) is 9.30 Å². The molecule has 0 spiro atoms. The number of unbranched alkanes of at least 4 members (excludes halogenated alkanes) is 2. The minimum Gasteiger partial charge on any atom is -0.469 e. The maximum atomic E-state index is 10.8. The minimum atomic E-state index is -0.416. The summed E-state index contributed by atoms with van der Waals surface area (Å²) in [5.41, 5.74) is 0. The fourth-order valence-corrected chi connectivity index (χ4v) is 1.01. The second-order valence-corrected chi connectivity index (χ2v) is 3.28. The second-order valence-electron chi connectivity index (χ2n) is 3.28. The SMILES string of the molecule is [C-]#[O+].[C-]#[O+].[CH2][C]([CH]CCCC=O)C(=O)OC.[CH]1[CH][CH][CH][CH]1.[Mo+2]. The molecule has 6 heteroatoms. The first-order valence-electron chi connectivity index (χ1n) is 5.84. The van der Waals surface area contributed by atoms with Gasteiger partial charge in [-0.05, 0) is 58.3 Å². The van der Waals surface area contributed by atoms with Crippen LogP contribution in [-0.4, -0.2) is 19.4 Å². The van der Waals surface area contributed by atoms with Crippen molar-refractivity contribution in [2.75, 3.05) is 7.11 Å². The molecule has 8 radical (unpaired) electrons. The summed E-state index contributed by atoms with van der Waals surface area (Å²) in [5.74, 6) is -0.0653. The second kappa shape index (κ2) is 28.5. The smallest absolute Gasteiger partial charge is 0.469 e. The molecule has 0 saturated heterocycles. The Hall–Kier alpha value is -0.692. The molecule has 1 saturated carbocycles. The van der Waals surface area contributed by atoms with Gasteiger partial charge in [-0.25, -0.2) is 0 Å². The molecule has 1 aliphatic rings. The Morgan fingerprint density at radius 2 is 1.50 bits per heavy atom. The van der Waals surface area contributed by atoms with E-state index in [9.17, 15) is 9.59 Å². The number of carbonyl (C=O) groups is 2. The van der Waals surface area contributed by atoms with Crippen LogP contribution in [0.3, 0.4) is 0 Å². The molecule has 0 unspecified atom stereocenters. The van der Waals surface area contributed by atoms with Gasteiger partial charge in [0.05, 0.1) is 13.0 Å². The Morgan fingerprint density at radius 3 is 1.82 bits per heavy atom. The van der Waals surface area contributed by atoms with E-state index < -0.39 is 5.97 Å². The topological polar surface area (TPSA) is 83.2 Å². The number of hydrogen-bond donors (Lipinski definition) is 0. The predicted molar refractivity (Wildman–Crippen MR) is 74.2 cm³/mol. The van der Waals surface area contributed by atoms with Gasteiger partial charge < -0.3 is 9.53 Å². The monoisotopic (exact) mass is 388 g/mol. The first-order valence-corrected chi connectivity index (χ1v) is 5.84. The van der Waals surface area contributed by atoms with Crippen molar-refractivity contribution in [3.8, 4) is 0 Å². The number of esters is 1. The fourth-order valence-electron chi connectivity index (χ4n) is 1.01. The molecule has 0 bridgehead atoms. The molecule has 0 heterocycles. The van der Waals surface area contributed by atoms with Gasteiger partial charge in [0, 0.05) is 6.42 Å². The molecule has 0 atom stereocenters. The van der Waals surface area contributed by atoms with E-state index in [2.05, 4.69) is 25.0 Å². The third-order valence-electron chi connectivity index (χ3n) is 1.92. The normalized spacial score (nSPS) is 11.0. The number of aldehydes is 1. The summed E-state index contributed by atoms with van der Waals surface area (Å²) in [7, 11) is 1.31. The van der Waals surface area contributed by atoms with E-state index in [0.29, 0.717) is 18.8 Å². The van der Waals surface area contributed by atoms with Crippen LogP contribution in [0.5, 0.6) is 0 Å². The van der Waals surface area contributed by atoms with E-state index >= 15 is 0 Å². The van der Waals surface area contributed by atoms with E-state index in [0.717, 1.165) is 12.7 Å². The van der Waals surface area contributed by atoms with Crippen molar-refractivity contribution in [1.82, 2.24) is 0 Å². The van der Waals surface area contributed by atoms with Crippen LogP contribution in [-0.2, 0) is 44.7 Å². The summed E-state index contributed by atoms with van der Waals surface area (Å²) in [5, 5.41) is 0. The zero-order valence-corrected chi connectivity index (χ0v) is 14.3. The van der Waals surface area contributed by atoms with Crippen molar-refractivity contribution in [1.29, 1.82) is 0 Å². The van der Waals surface area contributed by atoms with Crippen LogP contribution < -0.4 is 0 Å². The largest absolute Gasteiger partial charge is 2.00 e. The third-order valence-corrected chi connectivity index (χ3v) is 1.92. The molecule has 0 N–H and O–H groups in total. The summed E-state index contributed by atoms with van der Waals surface area (Å²) in [6, 6.07) is 0. The molecule has 1 rings (SSSR count). The Labute approximate surface area is 148 Å². The van der Waals surface area contributed by atoms with E-state index in [1.165, 1.54) is 7.11 Å². The maximum Gasteiger partial charge on any atom is 2.00 e. The van der Waals surface area contributed by atoms with Crippen LogP contribution in [0.4, 0.5) is 0 Å². The van der Waals surface area contributed by atoms with E-state index in [1.807, 2.05) is 32.1 Å². The first kappa shape index (κ1) is 29.3. The van der Waals surface area contributed by atoms with Crippen LogP contribution in [0.15, 0.2) is 0 Å². The minimum absolute atomic E-state index is 0. The standard InChI is InChI=1S/C9H13O3.C5H5.2CO.Mo/c1-8(9(11)12-2)6-4-3-5-7-10;1-2-4-5-3-1;2*1-2;/h6-7H,1,3-5H2,2H3;1-5H;;;/q;;;;+2. The number of carbonyl (C=O) groups excluding carboxylic acids is 2. The molecule has 22 heavy (non-hydrogen) atoms. The average molecular weight is 386 g/mol. The zero-order chi connectivity index (χ0) is 16.9. The van der Waals surface area contributed by atoms with Crippen molar-refractivity contribution >= 4 is 12.3 Å². The van der Waals surface area contributed by atoms with Gasteiger partial charge in [0.1, 0.15) is 6.29 Å². The molecule has 0 aromatic rings. The Morgan fingerprint density at radius 1 is 1.09 bits per heavy atom. The zero-order valence-electron chi connectivity index (χ0n) is 12.3. The van der Waals surface area contributed by atoms with Crippen LogP contribution in [0.1, 0.15) is 19.3 Å². The van der Waals surface area contributed by atoms with Gasteiger partial charge in [0.15, 0.2) is 0 Å².